The van der Waals surface area contributed by atoms with E-state index < -0.39 is 9.12 Å². The van der Waals surface area contributed by atoms with Gasteiger partial charge in [-0.05, 0) is 32.7 Å². The summed E-state index contributed by atoms with van der Waals surface area (Å²) >= 11 is 0. The van der Waals surface area contributed by atoms with Crippen LogP contribution in [0.1, 0.15) is 53.9 Å². The van der Waals surface area contributed by atoms with E-state index in [0.717, 1.165) is 0 Å². The summed E-state index contributed by atoms with van der Waals surface area (Å²) in [6, 6.07) is 2.84. The third-order valence-electron chi connectivity index (χ3n) is 3.85. The first-order valence-corrected chi connectivity index (χ1v) is 8.73. The van der Waals surface area contributed by atoms with Crippen molar-refractivity contribution >= 4 is 9.12 Å². The third kappa shape index (κ3) is 2.81. The molecule has 0 saturated carbocycles. The lowest BCUT2D eigenvalue weighted by Crippen LogP contribution is -2.49. The van der Waals surface area contributed by atoms with Gasteiger partial charge in [-0.1, -0.05) is 27.2 Å². The van der Waals surface area contributed by atoms with Crippen LogP contribution in [0.4, 0.5) is 0 Å². The van der Waals surface area contributed by atoms with Crippen molar-refractivity contribution in [3.63, 3.8) is 0 Å². The average molecular weight is 240 g/mol. The Morgan fingerprint density at radius 2 is 1.38 bits per heavy atom. The molecule has 1 aliphatic heterocycles. The van der Waals surface area contributed by atoms with E-state index in [1.807, 2.05) is 0 Å². The van der Waals surface area contributed by atoms with E-state index in [1.54, 1.807) is 0 Å². The van der Waals surface area contributed by atoms with E-state index in [4.69, 9.17) is 0 Å². The highest BCUT2D eigenvalue weighted by atomic mass is 28.3. The number of rotatable bonds is 6. The molecule has 2 atom stereocenters. The molecule has 0 amide bonds. The topological polar surface area (TPSA) is 6.48 Å². The SMILES string of the molecule is CCC[SiH]1N(C(C)CC)C=CN1C(C)CC. The van der Waals surface area contributed by atoms with Crippen LogP contribution in [0.5, 0.6) is 0 Å². The van der Waals surface area contributed by atoms with Crippen molar-refractivity contribution in [2.45, 2.75) is 72.0 Å². The second-order valence-electron chi connectivity index (χ2n) is 4.98. The average Bonchev–Trinajstić information content (AvgIpc) is 2.71. The lowest BCUT2D eigenvalue weighted by atomic mass is 10.3. The minimum atomic E-state index is -0.906. The van der Waals surface area contributed by atoms with Crippen LogP contribution < -0.4 is 0 Å². The van der Waals surface area contributed by atoms with Crippen LogP contribution in [0.3, 0.4) is 0 Å². The van der Waals surface area contributed by atoms with Crippen molar-refractivity contribution < 1.29 is 0 Å². The molecular weight excluding hydrogens is 212 g/mol. The zero-order chi connectivity index (χ0) is 12.1. The number of hydrogen-bond donors (Lipinski definition) is 0. The van der Waals surface area contributed by atoms with E-state index in [-0.39, 0.29) is 0 Å². The van der Waals surface area contributed by atoms with Gasteiger partial charge < -0.3 is 9.13 Å². The quantitative estimate of drug-likeness (QED) is 0.657. The fourth-order valence-electron chi connectivity index (χ4n) is 2.37. The molecule has 0 saturated heterocycles. The highest BCUT2D eigenvalue weighted by Crippen LogP contribution is 2.24. The Kier molecular flexibility index (Phi) is 5.39. The fraction of sp³-hybridized carbons (Fsp3) is 0.846. The Morgan fingerprint density at radius 1 is 0.938 bits per heavy atom. The Bertz CT molecular complexity index is 210. The molecule has 0 N–H and O–H groups in total. The molecule has 1 aliphatic rings. The normalized spacial score (nSPS) is 23.9. The Balaban J connectivity index is 2.72. The van der Waals surface area contributed by atoms with Gasteiger partial charge in [-0.25, -0.2) is 0 Å². The summed E-state index contributed by atoms with van der Waals surface area (Å²) in [6.45, 7) is 11.6. The number of nitrogens with zero attached hydrogens (tertiary/aromatic N) is 2. The largest absolute Gasteiger partial charge is 0.386 e. The van der Waals surface area contributed by atoms with Gasteiger partial charge in [-0.3, -0.25) is 0 Å². The maximum atomic E-state index is 2.68. The number of hydrogen-bond acceptors (Lipinski definition) is 2. The van der Waals surface area contributed by atoms with Gasteiger partial charge in [-0.2, -0.15) is 0 Å². The van der Waals surface area contributed by atoms with Crippen molar-refractivity contribution in [1.82, 2.24) is 9.13 Å². The summed E-state index contributed by atoms with van der Waals surface area (Å²) in [5.41, 5.74) is 0. The van der Waals surface area contributed by atoms with Crippen LogP contribution in [0.25, 0.3) is 0 Å². The van der Waals surface area contributed by atoms with Crippen molar-refractivity contribution in [2.24, 2.45) is 0 Å². The molecule has 0 aromatic rings. The van der Waals surface area contributed by atoms with E-state index in [2.05, 4.69) is 56.1 Å². The Labute approximate surface area is 103 Å². The summed E-state index contributed by atoms with van der Waals surface area (Å²) in [4.78, 5) is 0. The molecule has 0 aromatic carbocycles. The second-order valence-corrected chi connectivity index (χ2v) is 7.71. The fourth-order valence-corrected chi connectivity index (χ4v) is 5.93. The van der Waals surface area contributed by atoms with Crippen LogP contribution in [0.2, 0.25) is 6.04 Å². The molecule has 1 heterocycles. The minimum Gasteiger partial charge on any atom is -0.386 e. The molecule has 2 unspecified atom stereocenters. The maximum Gasteiger partial charge on any atom is 0.247 e. The van der Waals surface area contributed by atoms with Gasteiger partial charge >= 0.3 is 0 Å². The Hall–Kier alpha value is -0.443. The van der Waals surface area contributed by atoms with Gasteiger partial charge in [-0.15, -0.1) is 0 Å². The minimum absolute atomic E-state index is 0.716. The molecule has 0 aromatic heterocycles. The summed E-state index contributed by atoms with van der Waals surface area (Å²) in [6.07, 6.45) is 8.54. The van der Waals surface area contributed by atoms with E-state index in [0.29, 0.717) is 12.1 Å². The molecule has 0 radical (unpaired) electrons. The van der Waals surface area contributed by atoms with E-state index >= 15 is 0 Å². The highest BCUT2D eigenvalue weighted by molar-refractivity contribution is 6.54. The lowest BCUT2D eigenvalue weighted by Gasteiger charge is -2.37. The standard InChI is InChI=1S/C13H28N2Si/c1-6-11-16-14(12(4)7-2)9-10-15(16)13(5)8-3/h9-10,12-13,16H,6-8,11H2,1-5H3. The molecule has 1 rings (SSSR count). The van der Waals surface area contributed by atoms with Gasteiger partial charge in [0.1, 0.15) is 0 Å². The molecule has 2 nitrogen and oxygen atoms in total. The van der Waals surface area contributed by atoms with Gasteiger partial charge in [0.15, 0.2) is 0 Å². The van der Waals surface area contributed by atoms with Crippen LogP contribution in [-0.4, -0.2) is 30.3 Å². The molecule has 0 spiro atoms. The second kappa shape index (κ2) is 6.33. The van der Waals surface area contributed by atoms with Crippen LogP contribution in [0, 0.1) is 0 Å². The van der Waals surface area contributed by atoms with E-state index in [9.17, 15) is 0 Å². The maximum absolute atomic E-state index is 2.68. The predicted molar refractivity (Wildman–Crippen MR) is 74.6 cm³/mol. The molecule has 3 heteroatoms. The smallest absolute Gasteiger partial charge is 0.247 e. The van der Waals surface area contributed by atoms with Crippen LogP contribution >= 0.6 is 0 Å². The highest BCUT2D eigenvalue weighted by Gasteiger charge is 2.32. The zero-order valence-electron chi connectivity index (χ0n) is 11.6. The summed E-state index contributed by atoms with van der Waals surface area (Å²) in [7, 11) is -0.906. The summed E-state index contributed by atoms with van der Waals surface area (Å²) in [5.74, 6) is 0. The summed E-state index contributed by atoms with van der Waals surface area (Å²) < 4.78 is 5.35. The van der Waals surface area contributed by atoms with Crippen molar-refractivity contribution in [2.75, 3.05) is 0 Å². The first kappa shape index (κ1) is 13.6. The lowest BCUT2D eigenvalue weighted by molar-refractivity contribution is 0.380. The molecule has 0 aliphatic carbocycles. The molecular formula is C13H28N2Si. The Morgan fingerprint density at radius 3 is 1.69 bits per heavy atom. The molecule has 0 bridgehead atoms. The zero-order valence-corrected chi connectivity index (χ0v) is 12.8. The third-order valence-corrected chi connectivity index (χ3v) is 7.68. The molecule has 94 valence electrons. The van der Waals surface area contributed by atoms with Gasteiger partial charge in [0.25, 0.3) is 0 Å². The molecule has 0 fully saturated rings. The van der Waals surface area contributed by atoms with Gasteiger partial charge in [0.05, 0.1) is 0 Å². The summed E-state index contributed by atoms with van der Waals surface area (Å²) in [5, 5.41) is 0. The molecule has 16 heavy (non-hydrogen) atoms. The monoisotopic (exact) mass is 240 g/mol. The van der Waals surface area contributed by atoms with Crippen molar-refractivity contribution in [1.29, 1.82) is 0 Å². The van der Waals surface area contributed by atoms with Crippen molar-refractivity contribution in [3.05, 3.63) is 12.4 Å². The first-order chi connectivity index (χ1) is 7.65. The van der Waals surface area contributed by atoms with Crippen LogP contribution in [0.15, 0.2) is 12.4 Å². The predicted octanol–water partition coefficient (Wildman–Crippen LogP) is 3.30. The van der Waals surface area contributed by atoms with E-state index in [1.165, 1.54) is 25.3 Å². The van der Waals surface area contributed by atoms with Gasteiger partial charge in [0, 0.05) is 24.5 Å². The van der Waals surface area contributed by atoms with Crippen LogP contribution in [-0.2, 0) is 0 Å². The van der Waals surface area contributed by atoms with Crippen molar-refractivity contribution in [3.8, 4) is 0 Å². The van der Waals surface area contributed by atoms with Gasteiger partial charge in [0.2, 0.25) is 9.12 Å². The first-order valence-electron chi connectivity index (χ1n) is 6.88.